The first-order valence-corrected chi connectivity index (χ1v) is 4.08. The van der Waals surface area contributed by atoms with E-state index < -0.39 is 0 Å². The van der Waals surface area contributed by atoms with Crippen LogP contribution < -0.4 is 0 Å². The molecule has 1 heterocycles. The molecule has 0 fully saturated rings. The maximum Gasteiger partial charge on any atom is 0.0569 e. The van der Waals surface area contributed by atoms with Gasteiger partial charge in [-0.15, -0.1) is 0 Å². The van der Waals surface area contributed by atoms with Crippen LogP contribution in [0.15, 0.2) is 12.4 Å². The molecule has 0 aliphatic carbocycles. The molecule has 1 aromatic rings. The first-order valence-electron chi connectivity index (χ1n) is 4.08. The highest BCUT2D eigenvalue weighted by Crippen LogP contribution is 2.17. The Morgan fingerprint density at radius 2 is 2.18 bits per heavy atom. The molecule has 0 aliphatic heterocycles. The summed E-state index contributed by atoms with van der Waals surface area (Å²) >= 11 is 0. The first-order chi connectivity index (χ1) is 5.06. The topological polar surface area (TPSA) is 17.8 Å². The molecule has 2 nitrogen and oxygen atoms in total. The molecule has 0 N–H and O–H groups in total. The molecule has 0 saturated carbocycles. The molecule has 0 bridgehead atoms. The normalized spacial score (nSPS) is 12.0. The number of nitrogens with zero attached hydrogens (tertiary/aromatic N) is 2. The fourth-order valence-electron chi connectivity index (χ4n) is 0.906. The molecule has 1 aromatic heterocycles. The summed E-state index contributed by atoms with van der Waals surface area (Å²) in [5, 5.41) is 4.27. The van der Waals surface area contributed by atoms with Gasteiger partial charge in [-0.1, -0.05) is 6.92 Å². The minimum Gasteiger partial charge on any atom is -0.267 e. The minimum atomic E-state index is 0.161. The van der Waals surface area contributed by atoms with Crippen molar-refractivity contribution in [1.82, 2.24) is 9.78 Å². The van der Waals surface area contributed by atoms with Crippen molar-refractivity contribution in [3.63, 3.8) is 0 Å². The lowest BCUT2D eigenvalue weighted by Gasteiger charge is -2.23. The summed E-state index contributed by atoms with van der Waals surface area (Å²) in [4.78, 5) is 0. The second-order valence-electron chi connectivity index (χ2n) is 3.63. The van der Waals surface area contributed by atoms with E-state index in [4.69, 9.17) is 0 Å². The zero-order valence-electron chi connectivity index (χ0n) is 7.76. The summed E-state index contributed by atoms with van der Waals surface area (Å²) < 4.78 is 2.03. The van der Waals surface area contributed by atoms with Gasteiger partial charge in [0.2, 0.25) is 0 Å². The molecule has 11 heavy (non-hydrogen) atoms. The predicted octanol–water partition coefficient (Wildman–Crippen LogP) is 2.34. The van der Waals surface area contributed by atoms with E-state index in [9.17, 15) is 0 Å². The molecule has 0 aliphatic rings. The molecule has 1 rings (SSSR count). The molecule has 0 amide bonds. The van der Waals surface area contributed by atoms with E-state index in [1.54, 1.807) is 0 Å². The van der Waals surface area contributed by atoms with Gasteiger partial charge in [0.05, 0.1) is 11.7 Å². The van der Waals surface area contributed by atoms with Crippen LogP contribution in [0.4, 0.5) is 0 Å². The quantitative estimate of drug-likeness (QED) is 0.636. The van der Waals surface area contributed by atoms with Crippen LogP contribution >= 0.6 is 0 Å². The van der Waals surface area contributed by atoms with Crippen molar-refractivity contribution in [3.05, 3.63) is 18.0 Å². The van der Waals surface area contributed by atoms with E-state index in [1.807, 2.05) is 10.9 Å². The summed E-state index contributed by atoms with van der Waals surface area (Å²) in [7, 11) is 0. The average molecular weight is 152 g/mol. The van der Waals surface area contributed by atoms with E-state index in [2.05, 4.69) is 39.0 Å². The molecule has 0 radical (unpaired) electrons. The minimum absolute atomic E-state index is 0.161. The monoisotopic (exact) mass is 152 g/mol. The zero-order chi connectivity index (χ0) is 8.48. The first kappa shape index (κ1) is 8.31. The SMILES string of the molecule is CCC(C)(C)n1cc(C)cn1. The predicted molar refractivity (Wildman–Crippen MR) is 46.6 cm³/mol. The van der Waals surface area contributed by atoms with Gasteiger partial charge in [0.25, 0.3) is 0 Å². The van der Waals surface area contributed by atoms with Crippen molar-refractivity contribution in [2.24, 2.45) is 0 Å². The number of aromatic nitrogens is 2. The second kappa shape index (κ2) is 2.68. The molecule has 0 atom stereocenters. The smallest absolute Gasteiger partial charge is 0.0569 e. The third-order valence-corrected chi connectivity index (χ3v) is 2.20. The Morgan fingerprint density at radius 3 is 2.55 bits per heavy atom. The van der Waals surface area contributed by atoms with Crippen molar-refractivity contribution in [3.8, 4) is 0 Å². The maximum absolute atomic E-state index is 4.27. The van der Waals surface area contributed by atoms with Crippen LogP contribution in [0.2, 0.25) is 0 Å². The Labute approximate surface area is 68.2 Å². The van der Waals surface area contributed by atoms with Crippen molar-refractivity contribution in [1.29, 1.82) is 0 Å². The summed E-state index contributed by atoms with van der Waals surface area (Å²) in [5.41, 5.74) is 1.39. The molecule has 0 spiro atoms. The van der Waals surface area contributed by atoms with Crippen molar-refractivity contribution in [2.45, 2.75) is 39.7 Å². The van der Waals surface area contributed by atoms with E-state index in [0.29, 0.717) is 0 Å². The Bertz CT molecular complexity index is 235. The number of rotatable bonds is 2. The molecule has 0 saturated heterocycles. The average Bonchev–Trinajstić information content (AvgIpc) is 2.36. The van der Waals surface area contributed by atoms with Crippen molar-refractivity contribution >= 4 is 0 Å². The van der Waals surface area contributed by atoms with Crippen LogP contribution in [0.5, 0.6) is 0 Å². The van der Waals surface area contributed by atoms with Crippen molar-refractivity contribution < 1.29 is 0 Å². The molecule has 62 valence electrons. The lowest BCUT2D eigenvalue weighted by atomic mass is 10.0. The van der Waals surface area contributed by atoms with Gasteiger partial charge in [-0.2, -0.15) is 5.10 Å². The number of hydrogen-bond acceptors (Lipinski definition) is 1. The fourth-order valence-corrected chi connectivity index (χ4v) is 0.906. The molecule has 0 unspecified atom stereocenters. The van der Waals surface area contributed by atoms with Gasteiger partial charge in [-0.3, -0.25) is 4.68 Å². The van der Waals surface area contributed by atoms with Crippen LogP contribution in [-0.4, -0.2) is 9.78 Å². The fraction of sp³-hybridized carbons (Fsp3) is 0.667. The molecule has 0 aromatic carbocycles. The van der Waals surface area contributed by atoms with E-state index >= 15 is 0 Å². The van der Waals surface area contributed by atoms with E-state index in [0.717, 1.165) is 6.42 Å². The molecular formula is C9H16N2. The van der Waals surface area contributed by atoms with Gasteiger partial charge in [-0.25, -0.2) is 0 Å². The Morgan fingerprint density at radius 1 is 1.55 bits per heavy atom. The van der Waals surface area contributed by atoms with Crippen molar-refractivity contribution in [2.75, 3.05) is 0 Å². The second-order valence-corrected chi connectivity index (χ2v) is 3.63. The third-order valence-electron chi connectivity index (χ3n) is 2.20. The van der Waals surface area contributed by atoms with Gasteiger partial charge in [0, 0.05) is 6.20 Å². The van der Waals surface area contributed by atoms with Crippen LogP contribution in [0.25, 0.3) is 0 Å². The Kier molecular flexibility index (Phi) is 2.03. The lowest BCUT2D eigenvalue weighted by molar-refractivity contribution is 0.308. The van der Waals surface area contributed by atoms with Gasteiger partial charge < -0.3 is 0 Å². The molecule has 2 heteroatoms. The standard InChI is InChI=1S/C9H16N2/c1-5-9(3,4)11-7-8(2)6-10-11/h6-7H,5H2,1-4H3. The number of aryl methyl sites for hydroxylation is 1. The summed E-state index contributed by atoms with van der Waals surface area (Å²) in [6, 6.07) is 0. The van der Waals surface area contributed by atoms with Crippen LogP contribution in [0, 0.1) is 6.92 Å². The summed E-state index contributed by atoms with van der Waals surface area (Å²) in [6.45, 7) is 8.63. The van der Waals surface area contributed by atoms with Crippen LogP contribution in [0.3, 0.4) is 0 Å². The lowest BCUT2D eigenvalue weighted by Crippen LogP contribution is -2.25. The highest BCUT2D eigenvalue weighted by atomic mass is 15.3. The Balaban J connectivity index is 2.92. The van der Waals surface area contributed by atoms with Gasteiger partial charge in [-0.05, 0) is 32.8 Å². The van der Waals surface area contributed by atoms with Gasteiger partial charge in [0.15, 0.2) is 0 Å². The van der Waals surface area contributed by atoms with Gasteiger partial charge in [0.1, 0.15) is 0 Å². The largest absolute Gasteiger partial charge is 0.267 e. The summed E-state index contributed by atoms with van der Waals surface area (Å²) in [6.07, 6.45) is 5.09. The highest BCUT2D eigenvalue weighted by Gasteiger charge is 2.17. The Hall–Kier alpha value is -0.790. The van der Waals surface area contributed by atoms with E-state index in [1.165, 1.54) is 5.56 Å². The maximum atomic E-state index is 4.27. The van der Waals surface area contributed by atoms with E-state index in [-0.39, 0.29) is 5.54 Å². The third kappa shape index (κ3) is 1.62. The zero-order valence-corrected chi connectivity index (χ0v) is 7.76. The highest BCUT2D eigenvalue weighted by molar-refractivity contribution is 5.01. The van der Waals surface area contributed by atoms with Crippen LogP contribution in [-0.2, 0) is 5.54 Å². The summed E-state index contributed by atoms with van der Waals surface area (Å²) in [5.74, 6) is 0. The van der Waals surface area contributed by atoms with Gasteiger partial charge >= 0.3 is 0 Å². The number of hydrogen-bond donors (Lipinski definition) is 0. The molecular weight excluding hydrogens is 136 g/mol. The van der Waals surface area contributed by atoms with Crippen LogP contribution in [0.1, 0.15) is 32.8 Å².